The number of pyridine rings is 1. The van der Waals surface area contributed by atoms with Gasteiger partial charge in [0, 0.05) is 37.8 Å². The maximum atomic E-state index is 13.3. The molecule has 0 bridgehead atoms. The second-order valence-electron chi connectivity index (χ2n) is 7.66. The Kier molecular flexibility index (Phi) is 5.93. The van der Waals surface area contributed by atoms with Gasteiger partial charge in [0.25, 0.3) is 0 Å². The Balaban J connectivity index is 1.86. The van der Waals surface area contributed by atoms with Crippen LogP contribution in [-0.2, 0) is 14.8 Å². The smallest absolute Gasteiger partial charge is 0.410 e. The van der Waals surface area contributed by atoms with Gasteiger partial charge in [0.1, 0.15) is 16.5 Å². The van der Waals surface area contributed by atoms with Crippen molar-refractivity contribution in [1.29, 1.82) is 0 Å². The van der Waals surface area contributed by atoms with E-state index in [1.54, 1.807) is 32.9 Å². The molecule has 0 spiro atoms. The van der Waals surface area contributed by atoms with Crippen LogP contribution in [0.1, 0.15) is 20.8 Å². The van der Waals surface area contributed by atoms with Crippen molar-refractivity contribution in [1.82, 2.24) is 14.2 Å². The third-order valence-corrected chi connectivity index (χ3v) is 6.77. The molecule has 0 saturated carbocycles. The lowest BCUT2D eigenvalue weighted by Gasteiger charge is -2.35. The molecule has 0 atom stereocenters. The van der Waals surface area contributed by atoms with Gasteiger partial charge in [-0.25, -0.2) is 18.2 Å². The maximum absolute atomic E-state index is 13.3. The van der Waals surface area contributed by atoms with Gasteiger partial charge >= 0.3 is 6.09 Å². The molecule has 1 aliphatic heterocycles. The van der Waals surface area contributed by atoms with Crippen LogP contribution in [0.5, 0.6) is 5.75 Å². The number of halogens is 1. The van der Waals surface area contributed by atoms with E-state index in [-0.39, 0.29) is 36.2 Å². The van der Waals surface area contributed by atoms with Crippen molar-refractivity contribution < 1.29 is 22.7 Å². The molecule has 0 aliphatic carbocycles. The van der Waals surface area contributed by atoms with Gasteiger partial charge in [0.2, 0.25) is 10.0 Å². The normalized spacial score (nSPS) is 16.1. The summed E-state index contributed by atoms with van der Waals surface area (Å²) < 4.78 is 38.6. The number of rotatable bonds is 3. The van der Waals surface area contributed by atoms with Crippen LogP contribution in [0.25, 0.3) is 10.8 Å². The number of carbonyl (C=O) groups excluding carboxylic acids is 1. The zero-order valence-corrected chi connectivity index (χ0v) is 18.4. The summed E-state index contributed by atoms with van der Waals surface area (Å²) in [5.41, 5.74) is -0.602. The van der Waals surface area contributed by atoms with Crippen molar-refractivity contribution >= 4 is 38.5 Å². The quantitative estimate of drug-likeness (QED) is 0.680. The Labute approximate surface area is 175 Å². The first-order valence-corrected chi connectivity index (χ1v) is 11.0. The highest BCUT2D eigenvalue weighted by Crippen LogP contribution is 2.36. The van der Waals surface area contributed by atoms with Crippen molar-refractivity contribution in [2.24, 2.45) is 0 Å². The minimum absolute atomic E-state index is 0.128. The number of amides is 1. The Hall–Kier alpha value is -2.10. The average Bonchev–Trinajstić information content (AvgIpc) is 2.66. The molecule has 10 heteroatoms. The van der Waals surface area contributed by atoms with Crippen molar-refractivity contribution in [2.75, 3.05) is 33.3 Å². The second kappa shape index (κ2) is 7.97. The predicted octanol–water partition coefficient (Wildman–Crippen LogP) is 3.14. The molecular formula is C19H24ClN3O5S. The lowest BCUT2D eigenvalue weighted by Crippen LogP contribution is -2.51. The molecule has 1 aromatic carbocycles. The van der Waals surface area contributed by atoms with Gasteiger partial charge in [-0.15, -0.1) is 0 Å². The molecule has 2 heterocycles. The van der Waals surface area contributed by atoms with Crippen LogP contribution >= 0.6 is 11.6 Å². The Morgan fingerprint density at radius 3 is 2.38 bits per heavy atom. The van der Waals surface area contributed by atoms with Gasteiger partial charge < -0.3 is 14.4 Å². The van der Waals surface area contributed by atoms with Gasteiger partial charge in [-0.05, 0) is 39.0 Å². The minimum Gasteiger partial charge on any atom is -0.496 e. The Morgan fingerprint density at radius 1 is 1.14 bits per heavy atom. The van der Waals surface area contributed by atoms with E-state index in [9.17, 15) is 13.2 Å². The topological polar surface area (TPSA) is 89.0 Å². The van der Waals surface area contributed by atoms with Crippen LogP contribution in [0.2, 0.25) is 5.15 Å². The highest BCUT2D eigenvalue weighted by molar-refractivity contribution is 7.89. The number of hydrogen-bond donors (Lipinski definition) is 0. The molecule has 8 nitrogen and oxygen atoms in total. The number of hydrogen-bond acceptors (Lipinski definition) is 6. The van der Waals surface area contributed by atoms with Crippen LogP contribution < -0.4 is 4.74 Å². The molecule has 1 aromatic heterocycles. The summed E-state index contributed by atoms with van der Waals surface area (Å²) >= 11 is 6.20. The molecule has 0 N–H and O–H groups in total. The molecule has 29 heavy (non-hydrogen) atoms. The standard InChI is InChI=1S/C19H24ClN3O5S/c1-19(2,3)28-18(24)22-9-11-23(12-10-22)29(25,26)15-6-5-14(27-4)16-13(15)7-8-21-17(16)20/h5-8H,9-12H2,1-4H3. The van der Waals surface area contributed by atoms with Crippen LogP contribution in [0.3, 0.4) is 0 Å². The van der Waals surface area contributed by atoms with Gasteiger partial charge in [-0.1, -0.05) is 11.6 Å². The number of ether oxygens (including phenoxy) is 2. The second-order valence-corrected chi connectivity index (χ2v) is 9.93. The zero-order chi connectivity index (χ0) is 21.4. The number of nitrogens with zero attached hydrogens (tertiary/aromatic N) is 3. The van der Waals surface area contributed by atoms with Crippen LogP contribution in [-0.4, -0.2) is 67.6 Å². The molecular weight excluding hydrogens is 418 g/mol. The summed E-state index contributed by atoms with van der Waals surface area (Å²) in [6, 6.07) is 4.68. The van der Waals surface area contributed by atoms with Crippen LogP contribution in [0, 0.1) is 0 Å². The SMILES string of the molecule is COc1ccc(S(=O)(=O)N2CCN(C(=O)OC(C)(C)C)CC2)c2ccnc(Cl)c12. The van der Waals surface area contributed by atoms with E-state index in [1.165, 1.54) is 28.6 Å². The molecule has 1 aliphatic rings. The van der Waals surface area contributed by atoms with Gasteiger partial charge in [0.05, 0.1) is 17.4 Å². The average molecular weight is 442 g/mol. The van der Waals surface area contributed by atoms with E-state index in [2.05, 4.69) is 4.98 Å². The molecule has 0 unspecified atom stereocenters. The molecule has 158 valence electrons. The van der Waals surface area contributed by atoms with E-state index < -0.39 is 21.7 Å². The van der Waals surface area contributed by atoms with Crippen molar-refractivity contribution in [3.8, 4) is 5.75 Å². The van der Waals surface area contributed by atoms with E-state index in [1.807, 2.05) is 0 Å². The van der Waals surface area contributed by atoms with Gasteiger partial charge in [-0.3, -0.25) is 0 Å². The largest absolute Gasteiger partial charge is 0.496 e. The first-order chi connectivity index (χ1) is 13.5. The molecule has 1 amide bonds. The fourth-order valence-corrected chi connectivity index (χ4v) is 5.03. The number of carbonyl (C=O) groups is 1. The number of sulfonamides is 1. The Morgan fingerprint density at radius 2 is 1.79 bits per heavy atom. The molecule has 0 radical (unpaired) electrons. The number of piperazine rings is 1. The van der Waals surface area contributed by atoms with Crippen molar-refractivity contribution in [3.63, 3.8) is 0 Å². The maximum Gasteiger partial charge on any atom is 0.410 e. The van der Waals surface area contributed by atoms with E-state index in [0.717, 1.165) is 0 Å². The van der Waals surface area contributed by atoms with Crippen LogP contribution in [0.15, 0.2) is 29.3 Å². The van der Waals surface area contributed by atoms with E-state index in [0.29, 0.717) is 16.5 Å². The Bertz CT molecular complexity index is 1030. The van der Waals surface area contributed by atoms with Gasteiger partial charge in [0.15, 0.2) is 0 Å². The fourth-order valence-electron chi connectivity index (χ4n) is 3.17. The summed E-state index contributed by atoms with van der Waals surface area (Å²) in [7, 11) is -2.31. The third-order valence-electron chi connectivity index (χ3n) is 4.53. The predicted molar refractivity (Wildman–Crippen MR) is 110 cm³/mol. The first kappa shape index (κ1) is 21.6. The van der Waals surface area contributed by atoms with Crippen molar-refractivity contribution in [2.45, 2.75) is 31.3 Å². The summed E-state index contributed by atoms with van der Waals surface area (Å²) in [5, 5.41) is 1.06. The lowest BCUT2D eigenvalue weighted by atomic mass is 10.1. The summed E-state index contributed by atoms with van der Waals surface area (Å²) in [5.74, 6) is 0.451. The number of fused-ring (bicyclic) bond motifs is 1. The number of aromatic nitrogens is 1. The molecule has 2 aromatic rings. The molecule has 1 saturated heterocycles. The summed E-state index contributed by atoms with van der Waals surface area (Å²) in [6.07, 6.45) is 1.02. The van der Waals surface area contributed by atoms with Gasteiger partial charge in [-0.2, -0.15) is 4.31 Å². The highest BCUT2D eigenvalue weighted by Gasteiger charge is 2.33. The number of methoxy groups -OCH3 is 1. The minimum atomic E-state index is -3.80. The number of benzene rings is 1. The van der Waals surface area contributed by atoms with Crippen LogP contribution in [0.4, 0.5) is 4.79 Å². The highest BCUT2D eigenvalue weighted by atomic mass is 35.5. The fraction of sp³-hybridized carbons (Fsp3) is 0.474. The van der Waals surface area contributed by atoms with E-state index in [4.69, 9.17) is 21.1 Å². The molecule has 3 rings (SSSR count). The summed E-state index contributed by atoms with van der Waals surface area (Å²) in [4.78, 5) is 17.9. The lowest BCUT2D eigenvalue weighted by molar-refractivity contribution is 0.0192. The monoisotopic (exact) mass is 441 g/mol. The zero-order valence-electron chi connectivity index (χ0n) is 16.8. The summed E-state index contributed by atoms with van der Waals surface area (Å²) in [6.45, 7) is 6.23. The third kappa shape index (κ3) is 4.41. The molecule has 1 fully saturated rings. The van der Waals surface area contributed by atoms with E-state index >= 15 is 0 Å². The van der Waals surface area contributed by atoms with Crippen molar-refractivity contribution in [3.05, 3.63) is 29.5 Å². The first-order valence-electron chi connectivity index (χ1n) is 9.14.